The molecule has 0 heterocycles. The predicted octanol–water partition coefficient (Wildman–Crippen LogP) is 3.09. The van der Waals surface area contributed by atoms with Gasteiger partial charge in [-0.1, -0.05) is 48.0 Å². The minimum atomic E-state index is -3.64. The zero-order valence-corrected chi connectivity index (χ0v) is 12.8. The largest absolute Gasteiger partial charge is 0.259 e. The molecule has 0 bridgehead atoms. The van der Waals surface area contributed by atoms with Crippen LogP contribution in [0.3, 0.4) is 0 Å². The Morgan fingerprint density at radius 3 is 2.23 bits per heavy atom. The van der Waals surface area contributed by atoms with Crippen molar-refractivity contribution < 1.29 is 13.3 Å². The summed E-state index contributed by atoms with van der Waals surface area (Å²) in [6.07, 6.45) is 0.751. The summed E-state index contributed by atoms with van der Waals surface area (Å²) in [5.41, 5.74) is 1.63. The molecule has 0 aliphatic rings. The van der Waals surface area contributed by atoms with Gasteiger partial charge in [-0.15, -0.1) is 0 Å². The molecule has 0 aromatic heterocycles. The van der Waals surface area contributed by atoms with Crippen LogP contribution in [0.4, 0.5) is 0 Å². The first-order valence-electron chi connectivity index (χ1n) is 6.57. The molecule has 2 rings (SSSR count). The SMILES string of the molecule is Cc1ccc(S(=O)(=O)C/C(=C\[N+](=O)[O-])c2ccccc2)cc1. The van der Waals surface area contributed by atoms with Crippen LogP contribution in [0.1, 0.15) is 11.1 Å². The van der Waals surface area contributed by atoms with Crippen LogP contribution in [0.15, 0.2) is 65.7 Å². The molecule has 2 aromatic rings. The molecule has 0 N–H and O–H groups in total. The summed E-state index contributed by atoms with van der Waals surface area (Å²) in [5, 5.41) is 10.8. The summed E-state index contributed by atoms with van der Waals surface area (Å²) in [7, 11) is -3.64. The number of hydrogen-bond donors (Lipinski definition) is 0. The van der Waals surface area contributed by atoms with Crippen LogP contribution in [0.25, 0.3) is 5.57 Å². The van der Waals surface area contributed by atoms with Crippen LogP contribution < -0.4 is 0 Å². The number of nitro groups is 1. The topological polar surface area (TPSA) is 77.3 Å². The van der Waals surface area contributed by atoms with Crippen molar-refractivity contribution in [2.75, 3.05) is 5.75 Å². The van der Waals surface area contributed by atoms with Crippen molar-refractivity contribution in [2.45, 2.75) is 11.8 Å². The first-order valence-corrected chi connectivity index (χ1v) is 8.23. The number of benzene rings is 2. The Morgan fingerprint density at radius 2 is 1.68 bits per heavy atom. The van der Waals surface area contributed by atoms with Gasteiger partial charge in [-0.05, 0) is 24.6 Å². The average Bonchev–Trinajstić information content (AvgIpc) is 2.47. The summed E-state index contributed by atoms with van der Waals surface area (Å²) in [6, 6.07) is 14.9. The highest BCUT2D eigenvalue weighted by Crippen LogP contribution is 2.21. The van der Waals surface area contributed by atoms with Crippen molar-refractivity contribution in [3.63, 3.8) is 0 Å². The van der Waals surface area contributed by atoms with Gasteiger partial charge in [-0.2, -0.15) is 0 Å². The Kier molecular flexibility index (Phi) is 4.72. The van der Waals surface area contributed by atoms with E-state index in [0.717, 1.165) is 11.8 Å². The third-order valence-corrected chi connectivity index (χ3v) is 4.81. The standard InChI is InChI=1S/C16H15NO4S/c1-13-7-9-16(10-8-13)22(20,21)12-15(11-17(18)19)14-5-3-2-4-6-14/h2-11H,12H2,1H3/b15-11+. The van der Waals surface area contributed by atoms with E-state index >= 15 is 0 Å². The number of nitrogens with zero attached hydrogens (tertiary/aromatic N) is 1. The molecule has 0 aliphatic heterocycles. The third-order valence-electron chi connectivity index (χ3n) is 3.13. The molecular weight excluding hydrogens is 302 g/mol. The fourth-order valence-electron chi connectivity index (χ4n) is 2.01. The van der Waals surface area contributed by atoms with Gasteiger partial charge in [-0.3, -0.25) is 10.1 Å². The fourth-order valence-corrected chi connectivity index (χ4v) is 3.38. The lowest BCUT2D eigenvalue weighted by molar-refractivity contribution is -0.401. The Balaban J connectivity index is 2.39. The van der Waals surface area contributed by atoms with Crippen LogP contribution >= 0.6 is 0 Å². The first-order chi connectivity index (χ1) is 10.4. The second kappa shape index (κ2) is 6.53. The third kappa shape index (κ3) is 4.02. The quantitative estimate of drug-likeness (QED) is 0.627. The highest BCUT2D eigenvalue weighted by Gasteiger charge is 2.20. The lowest BCUT2D eigenvalue weighted by Gasteiger charge is -2.07. The Hall–Kier alpha value is -2.47. The zero-order chi connectivity index (χ0) is 16.2. The molecule has 22 heavy (non-hydrogen) atoms. The van der Waals surface area contributed by atoms with Gasteiger partial charge >= 0.3 is 0 Å². The Bertz CT molecular complexity index is 794. The number of sulfone groups is 1. The molecule has 6 heteroatoms. The molecule has 0 aliphatic carbocycles. The van der Waals surface area contributed by atoms with E-state index in [1.165, 1.54) is 12.1 Å². The molecule has 2 aromatic carbocycles. The van der Waals surface area contributed by atoms with Crippen LogP contribution in [0, 0.1) is 17.0 Å². The molecule has 0 unspecified atom stereocenters. The van der Waals surface area contributed by atoms with E-state index in [1.54, 1.807) is 42.5 Å². The fraction of sp³-hybridized carbons (Fsp3) is 0.125. The molecule has 0 radical (unpaired) electrons. The minimum Gasteiger partial charge on any atom is -0.259 e. The molecule has 0 amide bonds. The molecule has 0 spiro atoms. The smallest absolute Gasteiger partial charge is 0.239 e. The molecule has 0 saturated carbocycles. The van der Waals surface area contributed by atoms with Gasteiger partial charge in [0.25, 0.3) is 0 Å². The maximum atomic E-state index is 12.4. The summed E-state index contributed by atoms with van der Waals surface area (Å²) >= 11 is 0. The maximum absolute atomic E-state index is 12.4. The molecular formula is C16H15NO4S. The zero-order valence-electron chi connectivity index (χ0n) is 12.0. The van der Waals surface area contributed by atoms with Crippen molar-refractivity contribution in [1.29, 1.82) is 0 Å². The Morgan fingerprint density at radius 1 is 1.09 bits per heavy atom. The molecule has 5 nitrogen and oxygen atoms in total. The molecule has 0 atom stereocenters. The first kappa shape index (κ1) is 15.9. The van der Waals surface area contributed by atoms with Crippen LogP contribution in [-0.2, 0) is 9.84 Å². The van der Waals surface area contributed by atoms with Gasteiger partial charge in [0.15, 0.2) is 9.84 Å². The van der Waals surface area contributed by atoms with E-state index in [4.69, 9.17) is 0 Å². The monoisotopic (exact) mass is 317 g/mol. The van der Waals surface area contributed by atoms with Gasteiger partial charge < -0.3 is 0 Å². The van der Waals surface area contributed by atoms with Crippen LogP contribution in [-0.4, -0.2) is 19.1 Å². The highest BCUT2D eigenvalue weighted by molar-refractivity contribution is 7.91. The van der Waals surface area contributed by atoms with Crippen molar-refractivity contribution >= 4 is 15.4 Å². The molecule has 0 fully saturated rings. The van der Waals surface area contributed by atoms with Crippen LogP contribution in [0.5, 0.6) is 0 Å². The van der Waals surface area contributed by atoms with E-state index in [9.17, 15) is 18.5 Å². The van der Waals surface area contributed by atoms with Gasteiger partial charge in [-0.25, -0.2) is 8.42 Å². The average molecular weight is 317 g/mol. The van der Waals surface area contributed by atoms with Crippen molar-refractivity contribution in [3.05, 3.63) is 82.0 Å². The van der Waals surface area contributed by atoms with E-state index in [1.807, 2.05) is 6.92 Å². The summed E-state index contributed by atoms with van der Waals surface area (Å²) < 4.78 is 24.9. The van der Waals surface area contributed by atoms with E-state index in [0.29, 0.717) is 5.56 Å². The van der Waals surface area contributed by atoms with E-state index in [2.05, 4.69) is 0 Å². The summed E-state index contributed by atoms with van der Waals surface area (Å²) in [5.74, 6) is -0.416. The minimum absolute atomic E-state index is 0.156. The number of rotatable bonds is 5. The molecule has 114 valence electrons. The number of hydrogen-bond acceptors (Lipinski definition) is 4. The lowest BCUT2D eigenvalue weighted by Crippen LogP contribution is -2.10. The lowest BCUT2D eigenvalue weighted by atomic mass is 10.1. The van der Waals surface area contributed by atoms with Gasteiger partial charge in [0.2, 0.25) is 6.20 Å². The second-order valence-electron chi connectivity index (χ2n) is 4.88. The summed E-state index contributed by atoms with van der Waals surface area (Å²) in [6.45, 7) is 1.86. The van der Waals surface area contributed by atoms with Crippen molar-refractivity contribution in [3.8, 4) is 0 Å². The summed E-state index contributed by atoms with van der Waals surface area (Å²) in [4.78, 5) is 10.3. The van der Waals surface area contributed by atoms with Gasteiger partial charge in [0.1, 0.15) is 0 Å². The normalized spacial score (nSPS) is 12.1. The van der Waals surface area contributed by atoms with Crippen molar-refractivity contribution in [2.24, 2.45) is 0 Å². The van der Waals surface area contributed by atoms with Gasteiger partial charge in [0.05, 0.1) is 15.6 Å². The van der Waals surface area contributed by atoms with Crippen molar-refractivity contribution in [1.82, 2.24) is 0 Å². The van der Waals surface area contributed by atoms with E-state index < -0.39 is 20.5 Å². The maximum Gasteiger partial charge on any atom is 0.239 e. The van der Waals surface area contributed by atoms with Gasteiger partial charge in [0, 0.05) is 5.57 Å². The highest BCUT2D eigenvalue weighted by atomic mass is 32.2. The van der Waals surface area contributed by atoms with E-state index in [-0.39, 0.29) is 10.5 Å². The molecule has 0 saturated heterocycles. The number of aryl methyl sites for hydroxylation is 1. The van der Waals surface area contributed by atoms with Crippen LogP contribution in [0.2, 0.25) is 0 Å². The Labute approximate surface area is 129 Å². The predicted molar refractivity (Wildman–Crippen MR) is 84.6 cm³/mol. The second-order valence-corrected chi connectivity index (χ2v) is 6.87.